The van der Waals surface area contributed by atoms with E-state index in [1.165, 1.54) is 6.42 Å². The molecule has 1 aliphatic rings. The van der Waals surface area contributed by atoms with Gasteiger partial charge in [0.2, 0.25) is 0 Å². The molecular formula is C14H20N2O. The molecule has 1 saturated carbocycles. The third-order valence-electron chi connectivity index (χ3n) is 3.79. The maximum atomic E-state index is 12.1. The molecule has 1 amide bonds. The van der Waals surface area contributed by atoms with Crippen LogP contribution in [0.15, 0.2) is 24.3 Å². The highest BCUT2D eigenvalue weighted by Crippen LogP contribution is 2.34. The number of hydrogen-bond acceptors (Lipinski definition) is 2. The second-order valence-corrected chi connectivity index (χ2v) is 4.85. The third-order valence-corrected chi connectivity index (χ3v) is 3.79. The molecule has 0 heterocycles. The van der Waals surface area contributed by atoms with Crippen LogP contribution in [0.5, 0.6) is 0 Å². The summed E-state index contributed by atoms with van der Waals surface area (Å²) in [7, 11) is 0. The van der Waals surface area contributed by atoms with E-state index in [1.807, 2.05) is 24.3 Å². The van der Waals surface area contributed by atoms with Gasteiger partial charge >= 0.3 is 0 Å². The zero-order valence-corrected chi connectivity index (χ0v) is 10.3. The smallest absolute Gasteiger partial charge is 0.251 e. The molecule has 1 aromatic rings. The monoisotopic (exact) mass is 232 g/mol. The Labute approximate surface area is 102 Å². The van der Waals surface area contributed by atoms with Crippen LogP contribution in [0.3, 0.4) is 0 Å². The van der Waals surface area contributed by atoms with Crippen LogP contribution in [0.4, 0.5) is 0 Å². The predicted octanol–water partition coefficient (Wildman–Crippen LogP) is 2.21. The molecular weight excluding hydrogens is 212 g/mol. The van der Waals surface area contributed by atoms with Gasteiger partial charge in [0.1, 0.15) is 0 Å². The van der Waals surface area contributed by atoms with Crippen molar-refractivity contribution >= 4 is 5.91 Å². The number of carbonyl (C=O) groups excluding carboxylic acids is 1. The Kier molecular flexibility index (Phi) is 3.48. The van der Waals surface area contributed by atoms with Crippen molar-refractivity contribution in [2.75, 3.05) is 0 Å². The zero-order chi connectivity index (χ0) is 12.3. The molecule has 0 aromatic heterocycles. The molecule has 0 unspecified atom stereocenters. The van der Waals surface area contributed by atoms with E-state index in [-0.39, 0.29) is 11.4 Å². The molecule has 1 aliphatic carbocycles. The van der Waals surface area contributed by atoms with Crippen LogP contribution in [-0.2, 0) is 6.54 Å². The molecule has 1 aromatic carbocycles. The van der Waals surface area contributed by atoms with Gasteiger partial charge in [-0.25, -0.2) is 0 Å². The predicted molar refractivity (Wildman–Crippen MR) is 68.7 cm³/mol. The largest absolute Gasteiger partial charge is 0.347 e. The average molecular weight is 232 g/mol. The average Bonchev–Trinajstić information content (AvgIpc) is 2.33. The van der Waals surface area contributed by atoms with Crippen LogP contribution < -0.4 is 11.1 Å². The van der Waals surface area contributed by atoms with Crippen molar-refractivity contribution in [1.82, 2.24) is 5.32 Å². The van der Waals surface area contributed by atoms with E-state index in [1.54, 1.807) is 0 Å². The van der Waals surface area contributed by atoms with E-state index >= 15 is 0 Å². The van der Waals surface area contributed by atoms with Crippen LogP contribution >= 0.6 is 0 Å². The highest BCUT2D eigenvalue weighted by molar-refractivity contribution is 5.94. The lowest BCUT2D eigenvalue weighted by molar-refractivity contribution is 0.0820. The first-order valence-electron chi connectivity index (χ1n) is 6.31. The highest BCUT2D eigenvalue weighted by atomic mass is 16.1. The Balaban J connectivity index is 2.08. The van der Waals surface area contributed by atoms with Crippen molar-refractivity contribution in [3.05, 3.63) is 35.4 Å². The SMILES string of the molecule is CCC1(NC(=O)c2cccc(CN)c2)CCC1. The lowest BCUT2D eigenvalue weighted by Gasteiger charge is -2.42. The van der Waals surface area contributed by atoms with Gasteiger partial charge in [-0.3, -0.25) is 4.79 Å². The summed E-state index contributed by atoms with van der Waals surface area (Å²) in [6.45, 7) is 2.61. The van der Waals surface area contributed by atoms with Crippen LogP contribution in [0, 0.1) is 0 Å². The van der Waals surface area contributed by atoms with Crippen molar-refractivity contribution in [3.8, 4) is 0 Å². The van der Waals surface area contributed by atoms with Gasteiger partial charge in [-0.15, -0.1) is 0 Å². The highest BCUT2D eigenvalue weighted by Gasteiger charge is 2.36. The van der Waals surface area contributed by atoms with Crippen LogP contribution in [0.25, 0.3) is 0 Å². The Morgan fingerprint density at radius 2 is 2.24 bits per heavy atom. The van der Waals surface area contributed by atoms with Gasteiger partial charge < -0.3 is 11.1 Å². The summed E-state index contributed by atoms with van der Waals surface area (Å²) in [4.78, 5) is 12.1. The van der Waals surface area contributed by atoms with E-state index in [4.69, 9.17) is 5.73 Å². The minimum atomic E-state index is 0.0295. The summed E-state index contributed by atoms with van der Waals surface area (Å²) in [5.74, 6) is 0.0295. The molecule has 0 aliphatic heterocycles. The molecule has 0 spiro atoms. The van der Waals surface area contributed by atoms with Gasteiger partial charge in [0.15, 0.2) is 0 Å². The minimum Gasteiger partial charge on any atom is -0.347 e. The number of nitrogens with one attached hydrogen (secondary N) is 1. The fourth-order valence-corrected chi connectivity index (χ4v) is 2.32. The molecule has 3 heteroatoms. The van der Waals surface area contributed by atoms with E-state index in [2.05, 4.69) is 12.2 Å². The number of benzene rings is 1. The molecule has 17 heavy (non-hydrogen) atoms. The maximum absolute atomic E-state index is 12.1. The molecule has 3 nitrogen and oxygen atoms in total. The molecule has 2 rings (SSSR count). The minimum absolute atomic E-state index is 0.0295. The molecule has 1 fully saturated rings. The van der Waals surface area contributed by atoms with Crippen LogP contribution in [-0.4, -0.2) is 11.4 Å². The van der Waals surface area contributed by atoms with Crippen molar-refractivity contribution in [3.63, 3.8) is 0 Å². The number of amides is 1. The number of nitrogens with two attached hydrogens (primary N) is 1. The van der Waals surface area contributed by atoms with Crippen molar-refractivity contribution in [2.45, 2.75) is 44.7 Å². The third kappa shape index (κ3) is 2.50. The van der Waals surface area contributed by atoms with E-state index in [0.29, 0.717) is 12.1 Å². The summed E-state index contributed by atoms with van der Waals surface area (Å²) in [6.07, 6.45) is 4.43. The number of hydrogen-bond donors (Lipinski definition) is 2. The van der Waals surface area contributed by atoms with Gasteiger partial charge in [0.05, 0.1) is 0 Å². The molecule has 0 atom stereocenters. The molecule has 92 valence electrons. The number of rotatable bonds is 4. The Bertz CT molecular complexity index is 405. The van der Waals surface area contributed by atoms with Crippen LogP contribution in [0.2, 0.25) is 0 Å². The lowest BCUT2D eigenvalue weighted by Crippen LogP contribution is -2.52. The quantitative estimate of drug-likeness (QED) is 0.836. The van der Waals surface area contributed by atoms with Crippen LogP contribution in [0.1, 0.15) is 48.5 Å². The zero-order valence-electron chi connectivity index (χ0n) is 10.3. The first kappa shape index (κ1) is 12.1. The fraction of sp³-hybridized carbons (Fsp3) is 0.500. The second-order valence-electron chi connectivity index (χ2n) is 4.85. The van der Waals surface area contributed by atoms with Gasteiger partial charge in [0, 0.05) is 17.6 Å². The summed E-state index contributed by atoms with van der Waals surface area (Å²) in [5, 5.41) is 3.17. The van der Waals surface area contributed by atoms with Gasteiger partial charge in [0.25, 0.3) is 5.91 Å². The van der Waals surface area contributed by atoms with E-state index < -0.39 is 0 Å². The topological polar surface area (TPSA) is 55.1 Å². The summed E-state index contributed by atoms with van der Waals surface area (Å²) in [5.41, 5.74) is 7.34. The number of carbonyl (C=O) groups is 1. The molecule has 0 radical (unpaired) electrons. The molecule has 0 bridgehead atoms. The van der Waals surface area contributed by atoms with Crippen molar-refractivity contribution < 1.29 is 4.79 Å². The van der Waals surface area contributed by atoms with Crippen molar-refractivity contribution in [2.24, 2.45) is 5.73 Å². The van der Waals surface area contributed by atoms with Crippen molar-refractivity contribution in [1.29, 1.82) is 0 Å². The van der Waals surface area contributed by atoms with Gasteiger partial charge in [-0.2, -0.15) is 0 Å². The normalized spacial score (nSPS) is 17.3. The standard InChI is InChI=1S/C14H20N2O/c1-2-14(7-4-8-14)16-13(17)12-6-3-5-11(9-12)10-15/h3,5-6,9H,2,4,7-8,10,15H2,1H3,(H,16,17). The molecule has 3 N–H and O–H groups in total. The Hall–Kier alpha value is -1.35. The second kappa shape index (κ2) is 4.88. The first-order valence-corrected chi connectivity index (χ1v) is 6.31. The lowest BCUT2D eigenvalue weighted by atomic mass is 9.74. The van der Waals surface area contributed by atoms with E-state index in [0.717, 1.165) is 24.8 Å². The van der Waals surface area contributed by atoms with Gasteiger partial charge in [-0.1, -0.05) is 19.1 Å². The summed E-state index contributed by atoms with van der Waals surface area (Å²) >= 11 is 0. The first-order chi connectivity index (χ1) is 8.19. The van der Waals surface area contributed by atoms with Gasteiger partial charge in [-0.05, 0) is 43.4 Å². The van der Waals surface area contributed by atoms with E-state index in [9.17, 15) is 4.79 Å². The fourth-order valence-electron chi connectivity index (χ4n) is 2.32. The summed E-state index contributed by atoms with van der Waals surface area (Å²) < 4.78 is 0. The molecule has 0 saturated heterocycles. The summed E-state index contributed by atoms with van der Waals surface area (Å²) in [6, 6.07) is 7.54. The Morgan fingerprint density at radius 3 is 2.76 bits per heavy atom. The maximum Gasteiger partial charge on any atom is 0.251 e. The Morgan fingerprint density at radius 1 is 1.47 bits per heavy atom.